The number of carbonyl (C=O) groups excluding carboxylic acids is 1. The molecule has 0 fully saturated rings. The van der Waals surface area contributed by atoms with Crippen LogP contribution in [0.5, 0.6) is 0 Å². The number of hydrogen-bond donors (Lipinski definition) is 1. The fourth-order valence-electron chi connectivity index (χ4n) is 1.18. The van der Waals surface area contributed by atoms with Gasteiger partial charge in [0.15, 0.2) is 0 Å². The lowest BCUT2D eigenvalue weighted by molar-refractivity contribution is -0.128. The highest BCUT2D eigenvalue weighted by Crippen LogP contribution is 2.12. The quantitative estimate of drug-likeness (QED) is 0.828. The first-order chi connectivity index (χ1) is 7.50. The minimum atomic E-state index is -0.319. The Labute approximate surface area is 97.4 Å². The molecule has 0 atom stereocenters. The number of hydrogen-bond acceptors (Lipinski definition) is 1. The van der Waals surface area contributed by atoms with E-state index in [9.17, 15) is 4.79 Å². The Morgan fingerprint density at radius 1 is 1.25 bits per heavy atom. The van der Waals surface area contributed by atoms with Crippen molar-refractivity contribution in [1.29, 1.82) is 0 Å². The summed E-state index contributed by atoms with van der Waals surface area (Å²) in [4.78, 5) is 11.5. The van der Waals surface area contributed by atoms with Crippen LogP contribution in [0.25, 0.3) is 6.08 Å². The van der Waals surface area contributed by atoms with Crippen LogP contribution in [0, 0.1) is 5.41 Å². The fraction of sp³-hybridized carbons (Fsp3) is 0.357. The van der Waals surface area contributed by atoms with Gasteiger partial charge >= 0.3 is 0 Å². The molecule has 1 aromatic rings. The summed E-state index contributed by atoms with van der Waals surface area (Å²) in [6.45, 7) is 6.29. The summed E-state index contributed by atoms with van der Waals surface area (Å²) in [5.41, 5.74) is 0.827. The summed E-state index contributed by atoms with van der Waals surface area (Å²) in [5.74, 6) is 0.0743. The van der Waals surface area contributed by atoms with Crippen LogP contribution in [-0.2, 0) is 4.79 Å². The molecule has 0 aliphatic carbocycles. The van der Waals surface area contributed by atoms with Crippen LogP contribution < -0.4 is 5.32 Å². The van der Waals surface area contributed by atoms with Crippen LogP contribution >= 0.6 is 0 Å². The molecule has 0 aliphatic heterocycles. The highest BCUT2D eigenvalue weighted by Gasteiger charge is 2.19. The molecule has 0 spiro atoms. The molecule has 0 saturated carbocycles. The van der Waals surface area contributed by atoms with Gasteiger partial charge in [0.2, 0.25) is 5.91 Å². The Hall–Kier alpha value is -1.57. The van der Waals surface area contributed by atoms with Gasteiger partial charge in [-0.15, -0.1) is 0 Å². The van der Waals surface area contributed by atoms with Gasteiger partial charge in [-0.2, -0.15) is 0 Å². The maximum absolute atomic E-state index is 11.5. The molecule has 0 aromatic heterocycles. The van der Waals surface area contributed by atoms with E-state index < -0.39 is 0 Å². The SMILES string of the molecule is CC(C)(C)C(=O)NC/C=C/c1ccccc1. The topological polar surface area (TPSA) is 29.1 Å². The average Bonchev–Trinajstić information content (AvgIpc) is 2.24. The third-order valence-electron chi connectivity index (χ3n) is 2.17. The molecule has 0 unspecified atom stereocenters. The maximum Gasteiger partial charge on any atom is 0.225 e. The van der Waals surface area contributed by atoms with Gasteiger partial charge in [0.25, 0.3) is 0 Å². The predicted molar refractivity (Wildman–Crippen MR) is 67.9 cm³/mol. The molecular weight excluding hydrogens is 198 g/mol. The van der Waals surface area contributed by atoms with Crippen molar-refractivity contribution in [3.8, 4) is 0 Å². The van der Waals surface area contributed by atoms with Gasteiger partial charge in [-0.1, -0.05) is 63.3 Å². The lowest BCUT2D eigenvalue weighted by Gasteiger charge is -2.16. The summed E-state index contributed by atoms with van der Waals surface area (Å²) in [6.07, 6.45) is 3.96. The molecule has 1 aromatic carbocycles. The van der Waals surface area contributed by atoms with Crippen molar-refractivity contribution in [2.45, 2.75) is 20.8 Å². The number of carbonyl (C=O) groups is 1. The summed E-state index contributed by atoms with van der Waals surface area (Å²) < 4.78 is 0. The third-order valence-corrected chi connectivity index (χ3v) is 2.17. The standard InChI is InChI=1S/C14H19NO/c1-14(2,3)13(16)15-11-7-10-12-8-5-4-6-9-12/h4-10H,11H2,1-3H3,(H,15,16)/b10-7+. The van der Waals surface area contributed by atoms with E-state index in [2.05, 4.69) is 5.32 Å². The summed E-state index contributed by atoms with van der Waals surface area (Å²) in [5, 5.41) is 2.87. The van der Waals surface area contributed by atoms with E-state index in [1.54, 1.807) is 0 Å². The van der Waals surface area contributed by atoms with Crippen molar-refractivity contribution in [1.82, 2.24) is 5.32 Å². The Kier molecular flexibility index (Phi) is 4.29. The third kappa shape index (κ3) is 4.30. The van der Waals surface area contributed by atoms with Crippen LogP contribution in [0.2, 0.25) is 0 Å². The zero-order chi connectivity index (χ0) is 12.0. The van der Waals surface area contributed by atoms with E-state index >= 15 is 0 Å². The van der Waals surface area contributed by atoms with E-state index in [0.29, 0.717) is 6.54 Å². The van der Waals surface area contributed by atoms with Crippen LogP contribution in [0.3, 0.4) is 0 Å². The molecule has 1 amide bonds. The number of rotatable bonds is 3. The molecular formula is C14H19NO. The van der Waals surface area contributed by atoms with Crippen LogP contribution in [-0.4, -0.2) is 12.5 Å². The van der Waals surface area contributed by atoms with E-state index in [1.807, 2.05) is 63.3 Å². The molecule has 1 rings (SSSR count). The largest absolute Gasteiger partial charge is 0.352 e. The van der Waals surface area contributed by atoms with Crippen molar-refractivity contribution < 1.29 is 4.79 Å². The van der Waals surface area contributed by atoms with Gasteiger partial charge in [-0.3, -0.25) is 4.79 Å². The second-order valence-corrected chi connectivity index (χ2v) is 4.77. The minimum absolute atomic E-state index is 0.0743. The monoisotopic (exact) mass is 217 g/mol. The molecule has 86 valence electrons. The van der Waals surface area contributed by atoms with Gasteiger partial charge in [-0.05, 0) is 5.56 Å². The van der Waals surface area contributed by atoms with E-state index in [0.717, 1.165) is 5.56 Å². The van der Waals surface area contributed by atoms with Crippen molar-refractivity contribution in [2.24, 2.45) is 5.41 Å². The van der Waals surface area contributed by atoms with Gasteiger partial charge in [0.1, 0.15) is 0 Å². The second kappa shape index (κ2) is 5.50. The lowest BCUT2D eigenvalue weighted by Crippen LogP contribution is -2.34. The Morgan fingerprint density at radius 3 is 2.44 bits per heavy atom. The van der Waals surface area contributed by atoms with E-state index in [4.69, 9.17) is 0 Å². The van der Waals surface area contributed by atoms with E-state index in [-0.39, 0.29) is 11.3 Å². The Morgan fingerprint density at radius 2 is 1.88 bits per heavy atom. The van der Waals surface area contributed by atoms with Gasteiger partial charge in [0, 0.05) is 12.0 Å². The molecule has 2 nitrogen and oxygen atoms in total. The van der Waals surface area contributed by atoms with Crippen LogP contribution in [0.15, 0.2) is 36.4 Å². The summed E-state index contributed by atoms with van der Waals surface area (Å²) in [6, 6.07) is 10.0. The first-order valence-electron chi connectivity index (χ1n) is 5.50. The highest BCUT2D eigenvalue weighted by molar-refractivity contribution is 5.81. The predicted octanol–water partition coefficient (Wildman–Crippen LogP) is 2.86. The zero-order valence-corrected chi connectivity index (χ0v) is 10.2. The van der Waals surface area contributed by atoms with Crippen molar-refractivity contribution in [2.75, 3.05) is 6.54 Å². The van der Waals surface area contributed by atoms with Crippen molar-refractivity contribution >= 4 is 12.0 Å². The van der Waals surface area contributed by atoms with Gasteiger partial charge in [0.05, 0.1) is 0 Å². The highest BCUT2D eigenvalue weighted by atomic mass is 16.2. The summed E-state index contributed by atoms with van der Waals surface area (Å²) in [7, 11) is 0. The number of nitrogens with one attached hydrogen (secondary N) is 1. The van der Waals surface area contributed by atoms with Crippen LogP contribution in [0.4, 0.5) is 0 Å². The minimum Gasteiger partial charge on any atom is -0.352 e. The number of benzene rings is 1. The molecule has 0 aliphatic rings. The average molecular weight is 217 g/mol. The molecule has 0 heterocycles. The number of amides is 1. The Bertz CT molecular complexity index is 360. The van der Waals surface area contributed by atoms with Gasteiger partial charge in [-0.25, -0.2) is 0 Å². The summed E-state index contributed by atoms with van der Waals surface area (Å²) >= 11 is 0. The first kappa shape index (κ1) is 12.5. The molecule has 1 N–H and O–H groups in total. The van der Waals surface area contributed by atoms with E-state index in [1.165, 1.54) is 0 Å². The molecule has 0 saturated heterocycles. The molecule has 0 radical (unpaired) electrons. The molecule has 0 bridgehead atoms. The molecule has 16 heavy (non-hydrogen) atoms. The Balaban J connectivity index is 2.37. The van der Waals surface area contributed by atoms with Gasteiger partial charge < -0.3 is 5.32 Å². The van der Waals surface area contributed by atoms with Crippen molar-refractivity contribution in [3.63, 3.8) is 0 Å². The zero-order valence-electron chi connectivity index (χ0n) is 10.2. The fourth-order valence-corrected chi connectivity index (χ4v) is 1.18. The first-order valence-corrected chi connectivity index (χ1v) is 5.50. The van der Waals surface area contributed by atoms with Crippen LogP contribution in [0.1, 0.15) is 26.3 Å². The van der Waals surface area contributed by atoms with Crippen molar-refractivity contribution in [3.05, 3.63) is 42.0 Å². The smallest absolute Gasteiger partial charge is 0.225 e. The maximum atomic E-state index is 11.5. The lowest BCUT2D eigenvalue weighted by atomic mass is 9.96. The normalized spacial score (nSPS) is 11.7. The second-order valence-electron chi connectivity index (χ2n) is 4.77. The molecule has 2 heteroatoms.